The van der Waals surface area contributed by atoms with E-state index >= 15 is 0 Å². The maximum Gasteiger partial charge on any atom is 0.233 e. The van der Waals surface area contributed by atoms with Crippen LogP contribution in [0, 0.1) is 11.2 Å². The molecule has 0 aromatic heterocycles. The molecule has 0 radical (unpaired) electrons. The van der Waals surface area contributed by atoms with Gasteiger partial charge in [0.25, 0.3) is 0 Å². The number of carbonyl (C=O) groups is 1. The molecule has 1 fully saturated rings. The molecule has 0 saturated carbocycles. The van der Waals surface area contributed by atoms with Crippen molar-refractivity contribution in [3.63, 3.8) is 0 Å². The van der Waals surface area contributed by atoms with Gasteiger partial charge in [-0.1, -0.05) is 0 Å². The minimum absolute atomic E-state index is 0.133. The van der Waals surface area contributed by atoms with Crippen molar-refractivity contribution in [3.05, 3.63) is 24.0 Å². The van der Waals surface area contributed by atoms with E-state index in [4.69, 9.17) is 9.47 Å². The normalized spacial score (nSPS) is 17.3. The number of amides is 1. The topological polar surface area (TPSA) is 59.6 Å². The van der Waals surface area contributed by atoms with Crippen LogP contribution in [0.4, 0.5) is 10.1 Å². The summed E-state index contributed by atoms with van der Waals surface area (Å²) >= 11 is 0. The Balaban J connectivity index is 2.18. The minimum Gasteiger partial charge on any atom is -0.497 e. The summed E-state index contributed by atoms with van der Waals surface area (Å²) in [6.07, 6.45) is 1.33. The highest BCUT2D eigenvalue weighted by atomic mass is 19.1. The van der Waals surface area contributed by atoms with Crippen molar-refractivity contribution < 1.29 is 18.7 Å². The summed E-state index contributed by atoms with van der Waals surface area (Å²) in [5.74, 6) is -0.193. The highest BCUT2D eigenvalue weighted by Crippen LogP contribution is 2.32. The Morgan fingerprint density at radius 2 is 2.10 bits per heavy atom. The Bertz CT molecular complexity index is 496. The van der Waals surface area contributed by atoms with Gasteiger partial charge in [-0.15, -0.1) is 0 Å². The first-order valence-electron chi connectivity index (χ1n) is 6.96. The molecule has 0 aliphatic carbocycles. The van der Waals surface area contributed by atoms with Crippen molar-refractivity contribution >= 4 is 11.6 Å². The smallest absolute Gasteiger partial charge is 0.233 e. The molecular formula is C15H21FN2O3. The van der Waals surface area contributed by atoms with Crippen LogP contribution in [0.25, 0.3) is 0 Å². The van der Waals surface area contributed by atoms with E-state index in [0.717, 1.165) is 13.1 Å². The molecule has 0 bridgehead atoms. The quantitative estimate of drug-likeness (QED) is 0.869. The molecule has 1 heterocycles. The van der Waals surface area contributed by atoms with E-state index in [2.05, 4.69) is 10.6 Å². The average molecular weight is 296 g/mol. The molecule has 2 rings (SSSR count). The molecule has 0 unspecified atom stereocenters. The lowest BCUT2D eigenvalue weighted by Crippen LogP contribution is -2.47. The van der Waals surface area contributed by atoms with Gasteiger partial charge in [0.05, 0.1) is 24.8 Å². The zero-order chi connectivity index (χ0) is 15.3. The SMILES string of the molecule is COCC1(C(=O)Nc2cc(OC)ccc2F)CCNCC1. The third-order valence-electron chi connectivity index (χ3n) is 3.88. The predicted octanol–water partition coefficient (Wildman–Crippen LogP) is 1.79. The summed E-state index contributed by atoms with van der Waals surface area (Å²) in [5, 5.41) is 5.90. The van der Waals surface area contributed by atoms with Crippen LogP contribution in [-0.2, 0) is 9.53 Å². The predicted molar refractivity (Wildman–Crippen MR) is 78.0 cm³/mol. The van der Waals surface area contributed by atoms with Gasteiger partial charge in [-0.05, 0) is 38.1 Å². The summed E-state index contributed by atoms with van der Waals surface area (Å²) in [7, 11) is 3.07. The molecule has 1 amide bonds. The first-order chi connectivity index (χ1) is 10.1. The summed E-state index contributed by atoms with van der Waals surface area (Å²) < 4.78 is 24.1. The van der Waals surface area contributed by atoms with Gasteiger partial charge >= 0.3 is 0 Å². The highest BCUT2D eigenvalue weighted by molar-refractivity contribution is 5.95. The van der Waals surface area contributed by atoms with Crippen molar-refractivity contribution in [2.45, 2.75) is 12.8 Å². The van der Waals surface area contributed by atoms with Crippen molar-refractivity contribution in [1.82, 2.24) is 5.32 Å². The Morgan fingerprint density at radius 1 is 1.38 bits per heavy atom. The number of piperidine rings is 1. The lowest BCUT2D eigenvalue weighted by atomic mass is 9.78. The summed E-state index contributed by atoms with van der Waals surface area (Å²) in [6, 6.07) is 4.27. The lowest BCUT2D eigenvalue weighted by Gasteiger charge is -2.35. The number of hydrogen-bond donors (Lipinski definition) is 2. The van der Waals surface area contributed by atoms with Gasteiger partial charge in [0.1, 0.15) is 11.6 Å². The molecule has 1 aliphatic rings. The number of nitrogens with one attached hydrogen (secondary N) is 2. The first kappa shape index (κ1) is 15.7. The molecular weight excluding hydrogens is 275 g/mol. The van der Waals surface area contributed by atoms with E-state index in [-0.39, 0.29) is 11.6 Å². The van der Waals surface area contributed by atoms with Crippen LogP contribution in [-0.4, -0.2) is 39.8 Å². The van der Waals surface area contributed by atoms with Gasteiger partial charge in [-0.3, -0.25) is 4.79 Å². The first-order valence-corrected chi connectivity index (χ1v) is 6.96. The molecule has 1 aromatic carbocycles. The minimum atomic E-state index is -0.616. The average Bonchev–Trinajstić information content (AvgIpc) is 2.50. The Kier molecular flexibility index (Phi) is 5.14. The van der Waals surface area contributed by atoms with E-state index in [1.54, 1.807) is 7.11 Å². The van der Waals surface area contributed by atoms with Crippen molar-refractivity contribution in [3.8, 4) is 5.75 Å². The molecule has 0 spiro atoms. The fraction of sp³-hybridized carbons (Fsp3) is 0.533. The van der Waals surface area contributed by atoms with Crippen LogP contribution in [0.2, 0.25) is 0 Å². The van der Waals surface area contributed by atoms with Crippen LogP contribution in [0.15, 0.2) is 18.2 Å². The molecule has 21 heavy (non-hydrogen) atoms. The lowest BCUT2D eigenvalue weighted by molar-refractivity contribution is -0.130. The van der Waals surface area contributed by atoms with Gasteiger partial charge in [0, 0.05) is 13.2 Å². The van der Waals surface area contributed by atoms with Crippen molar-refractivity contribution in [1.29, 1.82) is 0 Å². The zero-order valence-corrected chi connectivity index (χ0v) is 12.4. The van der Waals surface area contributed by atoms with Crippen LogP contribution < -0.4 is 15.4 Å². The van der Waals surface area contributed by atoms with Crippen LogP contribution in [0.3, 0.4) is 0 Å². The number of anilines is 1. The van der Waals surface area contributed by atoms with Gasteiger partial charge in [-0.25, -0.2) is 4.39 Å². The maximum absolute atomic E-state index is 13.8. The van der Waals surface area contributed by atoms with E-state index in [1.165, 1.54) is 25.3 Å². The summed E-state index contributed by atoms with van der Waals surface area (Å²) in [6.45, 7) is 1.82. The van der Waals surface area contributed by atoms with E-state index in [9.17, 15) is 9.18 Å². The Hall–Kier alpha value is -1.66. The number of benzene rings is 1. The molecule has 0 atom stereocenters. The summed E-state index contributed by atoms with van der Waals surface area (Å²) in [5.41, 5.74) is -0.483. The monoisotopic (exact) mass is 296 g/mol. The summed E-state index contributed by atoms with van der Waals surface area (Å²) in [4.78, 5) is 12.6. The van der Waals surface area contributed by atoms with Gasteiger partial charge in [0.2, 0.25) is 5.91 Å². The van der Waals surface area contributed by atoms with E-state index < -0.39 is 11.2 Å². The van der Waals surface area contributed by atoms with Crippen molar-refractivity contribution in [2.24, 2.45) is 5.41 Å². The van der Waals surface area contributed by atoms with Gasteiger partial charge in [-0.2, -0.15) is 0 Å². The third kappa shape index (κ3) is 3.51. The van der Waals surface area contributed by atoms with Gasteiger partial charge in [0.15, 0.2) is 0 Å². The van der Waals surface area contributed by atoms with Crippen LogP contribution in [0.1, 0.15) is 12.8 Å². The van der Waals surface area contributed by atoms with E-state index in [0.29, 0.717) is 25.2 Å². The number of rotatable bonds is 5. The molecule has 1 aliphatic heterocycles. The number of hydrogen-bond acceptors (Lipinski definition) is 4. The Labute approximate surface area is 123 Å². The molecule has 1 saturated heterocycles. The van der Waals surface area contributed by atoms with Crippen molar-refractivity contribution in [2.75, 3.05) is 39.2 Å². The van der Waals surface area contributed by atoms with Crippen LogP contribution >= 0.6 is 0 Å². The zero-order valence-electron chi connectivity index (χ0n) is 12.4. The molecule has 116 valence electrons. The molecule has 6 heteroatoms. The standard InChI is InChI=1S/C15H21FN2O3/c1-20-10-15(5-7-17-8-6-15)14(19)18-13-9-11(21-2)3-4-12(13)16/h3-4,9,17H,5-8,10H2,1-2H3,(H,18,19). The second-order valence-electron chi connectivity index (χ2n) is 5.26. The number of carbonyl (C=O) groups excluding carboxylic acids is 1. The Morgan fingerprint density at radius 3 is 2.71 bits per heavy atom. The maximum atomic E-state index is 13.8. The number of ether oxygens (including phenoxy) is 2. The number of methoxy groups -OCH3 is 2. The van der Waals surface area contributed by atoms with Crippen LogP contribution in [0.5, 0.6) is 5.75 Å². The fourth-order valence-corrected chi connectivity index (χ4v) is 2.60. The number of halogens is 1. The molecule has 5 nitrogen and oxygen atoms in total. The molecule has 2 N–H and O–H groups in total. The molecule has 1 aromatic rings. The van der Waals surface area contributed by atoms with E-state index in [1.807, 2.05) is 0 Å². The second kappa shape index (κ2) is 6.87. The van der Waals surface area contributed by atoms with Gasteiger partial charge < -0.3 is 20.1 Å². The second-order valence-corrected chi connectivity index (χ2v) is 5.26. The largest absolute Gasteiger partial charge is 0.497 e. The highest BCUT2D eigenvalue weighted by Gasteiger charge is 2.39. The third-order valence-corrected chi connectivity index (χ3v) is 3.88. The fourth-order valence-electron chi connectivity index (χ4n) is 2.60.